The van der Waals surface area contributed by atoms with E-state index in [1.165, 1.54) is 0 Å². The van der Waals surface area contributed by atoms with Crippen molar-refractivity contribution >= 4 is 5.91 Å². The zero-order valence-electron chi connectivity index (χ0n) is 10.3. The van der Waals surface area contributed by atoms with Crippen LogP contribution in [0.4, 0.5) is 13.2 Å². The van der Waals surface area contributed by atoms with E-state index in [0.717, 1.165) is 5.56 Å². The van der Waals surface area contributed by atoms with Crippen LogP contribution in [0.2, 0.25) is 0 Å². The van der Waals surface area contributed by atoms with Gasteiger partial charge in [0.25, 0.3) is 0 Å². The lowest BCUT2D eigenvalue weighted by Crippen LogP contribution is -2.57. The lowest BCUT2D eigenvalue weighted by molar-refractivity contribution is -0.243. The summed E-state index contributed by atoms with van der Waals surface area (Å²) < 4.78 is 38.6. The lowest BCUT2D eigenvalue weighted by Gasteiger charge is -2.41. The summed E-state index contributed by atoms with van der Waals surface area (Å²) in [5, 5.41) is 0. The van der Waals surface area contributed by atoms with Gasteiger partial charge >= 0.3 is 6.18 Å². The Morgan fingerprint density at radius 1 is 1.21 bits per heavy atom. The minimum absolute atomic E-state index is 0.130. The first-order valence-corrected chi connectivity index (χ1v) is 6.10. The number of alkyl halides is 3. The van der Waals surface area contributed by atoms with Gasteiger partial charge in [0, 0.05) is 6.54 Å². The predicted octanol–water partition coefficient (Wildman–Crippen LogP) is 2.54. The summed E-state index contributed by atoms with van der Waals surface area (Å²) in [6.45, 7) is 0.292. The summed E-state index contributed by atoms with van der Waals surface area (Å²) in [6, 6.07) is 9.13. The number of hydrogen-bond donors (Lipinski definition) is 2. The Bertz CT molecular complexity index is 441. The van der Waals surface area contributed by atoms with Crippen molar-refractivity contribution in [2.75, 3.05) is 0 Å². The maximum atomic E-state index is 12.9. The molecule has 0 radical (unpaired) electrons. The van der Waals surface area contributed by atoms with Crippen LogP contribution in [0.1, 0.15) is 24.8 Å². The van der Waals surface area contributed by atoms with Crippen molar-refractivity contribution < 1.29 is 18.0 Å². The number of halogens is 3. The van der Waals surface area contributed by atoms with Crippen LogP contribution in [-0.2, 0) is 11.3 Å². The van der Waals surface area contributed by atoms with E-state index in [2.05, 4.69) is 10.9 Å². The molecule has 6 heteroatoms. The zero-order chi connectivity index (χ0) is 13.9. The number of nitrogens with one attached hydrogen (secondary N) is 2. The van der Waals surface area contributed by atoms with Gasteiger partial charge in [-0.2, -0.15) is 13.2 Å². The minimum atomic E-state index is -4.48. The van der Waals surface area contributed by atoms with Gasteiger partial charge in [-0.3, -0.25) is 10.2 Å². The van der Waals surface area contributed by atoms with Crippen LogP contribution in [0, 0.1) is 5.41 Å². The summed E-state index contributed by atoms with van der Waals surface area (Å²) >= 11 is 0. The van der Waals surface area contributed by atoms with Gasteiger partial charge in [-0.15, -0.1) is 0 Å². The standard InChI is InChI=1S/C13H15F3N2O/c14-13(15,16)12(7-4-8-12)11(19)18-17-9-10-5-2-1-3-6-10/h1-3,5-6,17H,4,7-9H2,(H,18,19). The largest absolute Gasteiger partial charge is 0.403 e. The van der Waals surface area contributed by atoms with Gasteiger partial charge in [-0.25, -0.2) is 5.43 Å². The summed E-state index contributed by atoms with van der Waals surface area (Å²) in [5.74, 6) is -0.984. The van der Waals surface area contributed by atoms with Gasteiger partial charge in [0.1, 0.15) is 5.41 Å². The number of carbonyl (C=O) groups excluding carboxylic acids is 1. The average Bonchev–Trinajstić information content (AvgIpc) is 2.26. The molecule has 0 unspecified atom stereocenters. The van der Waals surface area contributed by atoms with E-state index < -0.39 is 17.5 Å². The Balaban J connectivity index is 1.88. The van der Waals surface area contributed by atoms with E-state index in [1.807, 2.05) is 30.3 Å². The lowest BCUT2D eigenvalue weighted by atomic mass is 9.67. The summed E-state index contributed by atoms with van der Waals surface area (Å²) in [6.07, 6.45) is -4.31. The van der Waals surface area contributed by atoms with E-state index in [9.17, 15) is 18.0 Å². The van der Waals surface area contributed by atoms with Gasteiger partial charge in [-0.05, 0) is 18.4 Å². The minimum Gasteiger partial charge on any atom is -0.290 e. The molecule has 3 nitrogen and oxygen atoms in total. The van der Waals surface area contributed by atoms with Gasteiger partial charge in [0.05, 0.1) is 0 Å². The fraction of sp³-hybridized carbons (Fsp3) is 0.462. The zero-order valence-corrected chi connectivity index (χ0v) is 10.3. The summed E-state index contributed by atoms with van der Waals surface area (Å²) in [5.41, 5.74) is 3.41. The van der Waals surface area contributed by atoms with Crippen molar-refractivity contribution in [3.8, 4) is 0 Å². The highest BCUT2D eigenvalue weighted by Gasteiger charge is 2.63. The predicted molar refractivity (Wildman–Crippen MR) is 63.8 cm³/mol. The molecule has 1 aromatic carbocycles. The molecule has 0 aromatic heterocycles. The number of rotatable bonds is 4. The van der Waals surface area contributed by atoms with Crippen molar-refractivity contribution in [2.24, 2.45) is 5.41 Å². The molecule has 1 saturated carbocycles. The van der Waals surface area contributed by atoms with E-state index in [0.29, 0.717) is 13.0 Å². The highest BCUT2D eigenvalue weighted by Crippen LogP contribution is 2.52. The monoisotopic (exact) mass is 272 g/mol. The van der Waals surface area contributed by atoms with Gasteiger partial charge < -0.3 is 0 Å². The number of carbonyl (C=O) groups is 1. The van der Waals surface area contributed by atoms with E-state index in [4.69, 9.17) is 0 Å². The third-order valence-corrected chi connectivity index (χ3v) is 3.52. The second kappa shape index (κ2) is 5.21. The first kappa shape index (κ1) is 13.9. The molecule has 0 heterocycles. The van der Waals surface area contributed by atoms with E-state index in [1.54, 1.807) is 0 Å². The van der Waals surface area contributed by atoms with Crippen molar-refractivity contribution in [3.05, 3.63) is 35.9 Å². The summed E-state index contributed by atoms with van der Waals surface area (Å²) in [7, 11) is 0. The van der Waals surface area contributed by atoms with E-state index >= 15 is 0 Å². The van der Waals surface area contributed by atoms with Crippen molar-refractivity contribution in [2.45, 2.75) is 32.0 Å². The van der Waals surface area contributed by atoms with Crippen LogP contribution in [0.5, 0.6) is 0 Å². The Labute approximate surface area is 109 Å². The van der Waals surface area contributed by atoms with Crippen LogP contribution >= 0.6 is 0 Å². The average molecular weight is 272 g/mol. The molecule has 1 aromatic rings. The number of hydrogen-bond acceptors (Lipinski definition) is 2. The molecule has 0 atom stereocenters. The normalized spacial score (nSPS) is 17.6. The first-order valence-electron chi connectivity index (χ1n) is 6.10. The Kier molecular flexibility index (Phi) is 3.80. The van der Waals surface area contributed by atoms with Crippen LogP contribution in [-0.4, -0.2) is 12.1 Å². The SMILES string of the molecule is O=C(NNCc1ccccc1)C1(C(F)(F)F)CCC1. The quantitative estimate of drug-likeness (QED) is 0.827. The maximum absolute atomic E-state index is 12.9. The molecule has 0 bridgehead atoms. The fourth-order valence-electron chi connectivity index (χ4n) is 2.11. The van der Waals surface area contributed by atoms with Crippen molar-refractivity contribution in [3.63, 3.8) is 0 Å². The van der Waals surface area contributed by atoms with Gasteiger partial charge in [-0.1, -0.05) is 36.8 Å². The first-order chi connectivity index (χ1) is 8.96. The maximum Gasteiger partial charge on any atom is 0.403 e. The molecule has 1 fully saturated rings. The molecule has 104 valence electrons. The number of benzene rings is 1. The summed E-state index contributed by atoms with van der Waals surface area (Å²) in [4.78, 5) is 11.7. The highest BCUT2D eigenvalue weighted by atomic mass is 19.4. The number of hydrazine groups is 1. The molecule has 2 N–H and O–H groups in total. The molecule has 2 rings (SSSR count). The molecule has 1 amide bonds. The molecular formula is C13H15F3N2O. The van der Waals surface area contributed by atoms with E-state index in [-0.39, 0.29) is 12.8 Å². The molecule has 1 aliphatic rings. The molecular weight excluding hydrogens is 257 g/mol. The third-order valence-electron chi connectivity index (χ3n) is 3.52. The molecule has 0 aliphatic heterocycles. The number of amides is 1. The van der Waals surface area contributed by atoms with Crippen molar-refractivity contribution in [1.82, 2.24) is 10.9 Å². The van der Waals surface area contributed by atoms with Crippen LogP contribution in [0.25, 0.3) is 0 Å². The molecule has 1 aliphatic carbocycles. The topological polar surface area (TPSA) is 41.1 Å². The molecule has 0 saturated heterocycles. The second-order valence-corrected chi connectivity index (χ2v) is 4.73. The Morgan fingerprint density at radius 2 is 1.84 bits per heavy atom. The van der Waals surface area contributed by atoms with Crippen LogP contribution in [0.3, 0.4) is 0 Å². The molecule has 19 heavy (non-hydrogen) atoms. The van der Waals surface area contributed by atoms with Crippen LogP contribution in [0.15, 0.2) is 30.3 Å². The Morgan fingerprint density at radius 3 is 2.32 bits per heavy atom. The smallest absolute Gasteiger partial charge is 0.290 e. The Hall–Kier alpha value is -1.56. The highest BCUT2D eigenvalue weighted by molar-refractivity contribution is 5.84. The fourth-order valence-corrected chi connectivity index (χ4v) is 2.11. The van der Waals surface area contributed by atoms with Crippen LogP contribution < -0.4 is 10.9 Å². The van der Waals surface area contributed by atoms with Crippen molar-refractivity contribution in [1.29, 1.82) is 0 Å². The molecule has 0 spiro atoms. The third kappa shape index (κ3) is 2.73. The van der Waals surface area contributed by atoms with Gasteiger partial charge in [0.2, 0.25) is 5.91 Å². The second-order valence-electron chi connectivity index (χ2n) is 4.73. The van der Waals surface area contributed by atoms with Gasteiger partial charge in [0.15, 0.2) is 0 Å².